The van der Waals surface area contributed by atoms with Gasteiger partial charge in [-0.15, -0.1) is 0 Å². The molecule has 0 aromatic heterocycles. The van der Waals surface area contributed by atoms with Gasteiger partial charge >= 0.3 is 5.97 Å². The second-order valence-electron chi connectivity index (χ2n) is 4.16. The van der Waals surface area contributed by atoms with Crippen LogP contribution >= 0.6 is 0 Å². The fourth-order valence-electron chi connectivity index (χ4n) is 1.66. The fraction of sp³-hybridized carbons (Fsp3) is 0.818. The molecule has 1 aliphatic rings. The molecule has 1 aliphatic carbocycles. The molecule has 0 aromatic carbocycles. The van der Waals surface area contributed by atoms with E-state index in [1.807, 2.05) is 6.92 Å². The maximum atomic E-state index is 11.9. The monoisotopic (exact) mass is 213 g/mol. The van der Waals surface area contributed by atoms with Crippen molar-refractivity contribution in [2.45, 2.75) is 26.7 Å². The Morgan fingerprint density at radius 3 is 2.47 bits per heavy atom. The molecule has 0 heterocycles. The van der Waals surface area contributed by atoms with Crippen molar-refractivity contribution in [3.8, 4) is 0 Å². The second kappa shape index (κ2) is 5.14. The standard InChI is InChI=1S/C11H19NO3/c1-4-5-12(7-10(13)15-3)11(14)9-6-8(9)2/h8-9H,4-7H2,1-3H3. The number of amides is 1. The molecule has 4 heteroatoms. The van der Waals surface area contributed by atoms with Crippen LogP contribution < -0.4 is 0 Å². The highest BCUT2D eigenvalue weighted by Gasteiger charge is 2.41. The largest absolute Gasteiger partial charge is 0.468 e. The molecule has 1 amide bonds. The molecule has 1 fully saturated rings. The summed E-state index contributed by atoms with van der Waals surface area (Å²) in [6, 6.07) is 0. The van der Waals surface area contributed by atoms with Gasteiger partial charge < -0.3 is 9.64 Å². The first kappa shape index (κ1) is 12.0. The highest BCUT2D eigenvalue weighted by molar-refractivity contribution is 5.85. The van der Waals surface area contributed by atoms with Crippen LogP contribution in [0.4, 0.5) is 0 Å². The topological polar surface area (TPSA) is 46.6 Å². The third-order valence-electron chi connectivity index (χ3n) is 2.78. The van der Waals surface area contributed by atoms with Crippen molar-refractivity contribution in [2.75, 3.05) is 20.2 Å². The zero-order chi connectivity index (χ0) is 11.4. The first-order chi connectivity index (χ1) is 7.10. The van der Waals surface area contributed by atoms with Gasteiger partial charge in [-0.2, -0.15) is 0 Å². The minimum atomic E-state index is -0.342. The summed E-state index contributed by atoms with van der Waals surface area (Å²) in [7, 11) is 1.34. The summed E-state index contributed by atoms with van der Waals surface area (Å²) in [4.78, 5) is 24.6. The Morgan fingerprint density at radius 2 is 2.07 bits per heavy atom. The van der Waals surface area contributed by atoms with E-state index in [1.54, 1.807) is 4.90 Å². The molecule has 1 saturated carbocycles. The molecule has 0 aliphatic heterocycles. The highest BCUT2D eigenvalue weighted by Crippen LogP contribution is 2.39. The van der Waals surface area contributed by atoms with Crippen LogP contribution in [0.25, 0.3) is 0 Å². The number of ether oxygens (including phenoxy) is 1. The van der Waals surface area contributed by atoms with E-state index in [4.69, 9.17) is 0 Å². The normalized spacial score (nSPS) is 23.4. The van der Waals surface area contributed by atoms with Crippen LogP contribution in [0, 0.1) is 11.8 Å². The molecular formula is C11H19NO3. The van der Waals surface area contributed by atoms with E-state index in [1.165, 1.54) is 7.11 Å². The summed E-state index contributed by atoms with van der Waals surface area (Å²) in [5.74, 6) is 0.385. The molecular weight excluding hydrogens is 194 g/mol. The summed E-state index contributed by atoms with van der Waals surface area (Å²) in [5.41, 5.74) is 0. The van der Waals surface area contributed by atoms with Crippen molar-refractivity contribution in [1.29, 1.82) is 0 Å². The van der Waals surface area contributed by atoms with Gasteiger partial charge in [-0.1, -0.05) is 13.8 Å². The summed E-state index contributed by atoms with van der Waals surface area (Å²) < 4.78 is 4.57. The molecule has 2 atom stereocenters. The molecule has 0 saturated heterocycles. The second-order valence-corrected chi connectivity index (χ2v) is 4.16. The molecule has 15 heavy (non-hydrogen) atoms. The maximum Gasteiger partial charge on any atom is 0.325 e. The van der Waals surface area contributed by atoms with E-state index in [9.17, 15) is 9.59 Å². The summed E-state index contributed by atoms with van der Waals surface area (Å²) in [6.45, 7) is 4.78. The van der Waals surface area contributed by atoms with Crippen LogP contribution in [0.3, 0.4) is 0 Å². The summed E-state index contributed by atoms with van der Waals surface area (Å²) in [5, 5.41) is 0. The third kappa shape index (κ3) is 3.22. The van der Waals surface area contributed by atoms with Crippen LogP contribution in [0.5, 0.6) is 0 Å². The van der Waals surface area contributed by atoms with E-state index in [-0.39, 0.29) is 24.3 Å². The Labute approximate surface area is 90.6 Å². The number of rotatable bonds is 5. The molecule has 4 nitrogen and oxygen atoms in total. The molecule has 86 valence electrons. The van der Waals surface area contributed by atoms with Crippen molar-refractivity contribution in [2.24, 2.45) is 11.8 Å². The number of methoxy groups -OCH3 is 1. The predicted molar refractivity (Wildman–Crippen MR) is 56.2 cm³/mol. The predicted octanol–water partition coefficient (Wildman–Crippen LogP) is 1.05. The molecule has 0 radical (unpaired) electrons. The molecule has 0 bridgehead atoms. The van der Waals surface area contributed by atoms with Gasteiger partial charge in [0.05, 0.1) is 7.11 Å². The number of carbonyl (C=O) groups excluding carboxylic acids is 2. The Morgan fingerprint density at radius 1 is 1.47 bits per heavy atom. The van der Waals surface area contributed by atoms with Crippen molar-refractivity contribution in [3.05, 3.63) is 0 Å². The van der Waals surface area contributed by atoms with Crippen molar-refractivity contribution >= 4 is 11.9 Å². The molecule has 1 rings (SSSR count). The Balaban J connectivity index is 2.49. The van der Waals surface area contributed by atoms with Gasteiger partial charge in [0.15, 0.2) is 0 Å². The van der Waals surface area contributed by atoms with E-state index >= 15 is 0 Å². The zero-order valence-corrected chi connectivity index (χ0v) is 9.66. The van der Waals surface area contributed by atoms with Crippen molar-refractivity contribution < 1.29 is 14.3 Å². The van der Waals surface area contributed by atoms with E-state index < -0.39 is 0 Å². The molecule has 0 spiro atoms. The zero-order valence-electron chi connectivity index (χ0n) is 9.66. The van der Waals surface area contributed by atoms with Crippen LogP contribution in [0.1, 0.15) is 26.7 Å². The van der Waals surface area contributed by atoms with E-state index in [0.717, 1.165) is 12.8 Å². The van der Waals surface area contributed by atoms with Crippen LogP contribution in [-0.2, 0) is 14.3 Å². The maximum absolute atomic E-state index is 11.9. The third-order valence-corrected chi connectivity index (χ3v) is 2.78. The van der Waals surface area contributed by atoms with Crippen LogP contribution in [0.2, 0.25) is 0 Å². The summed E-state index contributed by atoms with van der Waals surface area (Å²) in [6.07, 6.45) is 1.82. The van der Waals surface area contributed by atoms with E-state index in [2.05, 4.69) is 11.7 Å². The average Bonchev–Trinajstić information content (AvgIpc) is 2.93. The van der Waals surface area contributed by atoms with Crippen molar-refractivity contribution in [1.82, 2.24) is 4.90 Å². The van der Waals surface area contributed by atoms with Crippen LogP contribution in [0.15, 0.2) is 0 Å². The molecule has 0 aromatic rings. The highest BCUT2D eigenvalue weighted by atomic mass is 16.5. The van der Waals surface area contributed by atoms with E-state index in [0.29, 0.717) is 12.5 Å². The SMILES string of the molecule is CCCN(CC(=O)OC)C(=O)C1CC1C. The van der Waals surface area contributed by atoms with Gasteiger partial charge in [0, 0.05) is 12.5 Å². The van der Waals surface area contributed by atoms with Gasteiger partial charge in [-0.05, 0) is 18.8 Å². The quantitative estimate of drug-likeness (QED) is 0.641. The summed E-state index contributed by atoms with van der Waals surface area (Å²) >= 11 is 0. The number of hydrogen-bond acceptors (Lipinski definition) is 3. The lowest BCUT2D eigenvalue weighted by Crippen LogP contribution is -2.38. The fourth-order valence-corrected chi connectivity index (χ4v) is 1.66. The molecule has 2 unspecified atom stereocenters. The first-order valence-electron chi connectivity index (χ1n) is 5.45. The number of esters is 1. The smallest absolute Gasteiger partial charge is 0.325 e. The Kier molecular flexibility index (Phi) is 4.12. The van der Waals surface area contributed by atoms with Gasteiger partial charge in [0.1, 0.15) is 6.54 Å². The van der Waals surface area contributed by atoms with Gasteiger partial charge in [-0.3, -0.25) is 9.59 Å². The Hall–Kier alpha value is -1.06. The minimum absolute atomic E-state index is 0.0897. The lowest BCUT2D eigenvalue weighted by Gasteiger charge is -2.20. The number of nitrogens with zero attached hydrogens (tertiary/aromatic N) is 1. The van der Waals surface area contributed by atoms with Gasteiger partial charge in [-0.25, -0.2) is 0 Å². The lowest BCUT2D eigenvalue weighted by molar-refractivity contribution is -0.147. The average molecular weight is 213 g/mol. The van der Waals surface area contributed by atoms with Crippen molar-refractivity contribution in [3.63, 3.8) is 0 Å². The van der Waals surface area contributed by atoms with Gasteiger partial charge in [0.2, 0.25) is 5.91 Å². The first-order valence-corrected chi connectivity index (χ1v) is 5.45. The minimum Gasteiger partial charge on any atom is -0.468 e. The number of hydrogen-bond donors (Lipinski definition) is 0. The van der Waals surface area contributed by atoms with Gasteiger partial charge in [0.25, 0.3) is 0 Å². The Bertz CT molecular complexity index is 252. The lowest BCUT2D eigenvalue weighted by atomic mass is 10.2. The van der Waals surface area contributed by atoms with Crippen LogP contribution in [-0.4, -0.2) is 37.0 Å². The number of carbonyl (C=O) groups is 2. The molecule has 0 N–H and O–H groups in total.